The van der Waals surface area contributed by atoms with Gasteiger partial charge in [-0.2, -0.15) is 0 Å². The van der Waals surface area contributed by atoms with Crippen LogP contribution in [0.4, 0.5) is 0 Å². The van der Waals surface area contributed by atoms with Crippen molar-refractivity contribution in [1.82, 2.24) is 20.1 Å². The molecular weight excluding hydrogens is 380 g/mol. The van der Waals surface area contributed by atoms with Crippen molar-refractivity contribution in [1.29, 1.82) is 0 Å². The average molecular weight is 407 g/mol. The van der Waals surface area contributed by atoms with Crippen LogP contribution in [-0.4, -0.2) is 59.9 Å². The summed E-state index contributed by atoms with van der Waals surface area (Å²) >= 11 is 1.66. The molecule has 0 spiro atoms. The normalized spacial score (nSPS) is 16.2. The Kier molecular flexibility index (Phi) is 7.16. The van der Waals surface area contributed by atoms with Crippen LogP contribution in [-0.2, 0) is 18.2 Å². The van der Waals surface area contributed by atoms with E-state index in [4.69, 9.17) is 14.2 Å². The summed E-state index contributed by atoms with van der Waals surface area (Å²) in [5.74, 6) is 2.45. The van der Waals surface area contributed by atoms with Crippen molar-refractivity contribution >= 4 is 17.7 Å². The summed E-state index contributed by atoms with van der Waals surface area (Å²) in [6.45, 7) is 1.30. The first-order valence-electron chi connectivity index (χ1n) is 9.26. The number of carbonyl (C=O) groups excluding carboxylic acids is 1. The third kappa shape index (κ3) is 4.77. The van der Waals surface area contributed by atoms with E-state index in [1.54, 1.807) is 37.1 Å². The number of aromatic nitrogens is 3. The molecule has 0 radical (unpaired) electrons. The molecule has 0 bridgehead atoms. The average Bonchev–Trinajstić information content (AvgIpc) is 3.36. The van der Waals surface area contributed by atoms with E-state index in [0.29, 0.717) is 36.1 Å². The zero-order valence-corrected chi connectivity index (χ0v) is 17.3. The SMILES string of the molecule is COc1cccc(C(=O)NCCc2nnc(SC[C@@H]3CCCO3)n2C)c1OC. The lowest BCUT2D eigenvalue weighted by atomic mass is 10.1. The number of methoxy groups -OCH3 is 2. The third-order valence-electron chi connectivity index (χ3n) is 4.63. The Morgan fingerprint density at radius 2 is 2.21 bits per heavy atom. The number of nitrogens with zero attached hydrogens (tertiary/aromatic N) is 3. The van der Waals surface area contributed by atoms with E-state index < -0.39 is 0 Å². The number of para-hydroxylation sites is 1. The number of hydrogen-bond acceptors (Lipinski definition) is 7. The lowest BCUT2D eigenvalue weighted by Crippen LogP contribution is -2.27. The Morgan fingerprint density at radius 3 is 2.93 bits per heavy atom. The van der Waals surface area contributed by atoms with Crippen LogP contribution in [0, 0.1) is 0 Å². The first-order valence-corrected chi connectivity index (χ1v) is 10.2. The van der Waals surface area contributed by atoms with E-state index in [1.165, 1.54) is 7.11 Å². The molecule has 2 heterocycles. The molecule has 0 unspecified atom stereocenters. The number of carbonyl (C=O) groups is 1. The molecule has 8 nitrogen and oxygen atoms in total. The van der Waals surface area contributed by atoms with E-state index in [1.807, 2.05) is 11.6 Å². The largest absolute Gasteiger partial charge is 0.493 e. The van der Waals surface area contributed by atoms with Crippen LogP contribution in [0.5, 0.6) is 11.5 Å². The number of hydrogen-bond donors (Lipinski definition) is 1. The second-order valence-electron chi connectivity index (χ2n) is 6.45. The van der Waals surface area contributed by atoms with Crippen LogP contribution in [0.2, 0.25) is 0 Å². The molecule has 9 heteroatoms. The fourth-order valence-corrected chi connectivity index (χ4v) is 4.08. The van der Waals surface area contributed by atoms with Crippen LogP contribution in [0.25, 0.3) is 0 Å². The minimum atomic E-state index is -0.217. The van der Waals surface area contributed by atoms with Crippen LogP contribution in [0.15, 0.2) is 23.4 Å². The van der Waals surface area contributed by atoms with Gasteiger partial charge in [0.2, 0.25) is 0 Å². The van der Waals surface area contributed by atoms with Crippen molar-refractivity contribution in [3.63, 3.8) is 0 Å². The zero-order chi connectivity index (χ0) is 19.9. The van der Waals surface area contributed by atoms with Gasteiger partial charge in [-0.3, -0.25) is 4.79 Å². The van der Waals surface area contributed by atoms with Crippen molar-refractivity contribution in [3.05, 3.63) is 29.6 Å². The molecule has 0 aliphatic carbocycles. The summed E-state index contributed by atoms with van der Waals surface area (Å²) < 4.78 is 18.2. The van der Waals surface area contributed by atoms with Gasteiger partial charge in [0, 0.05) is 32.4 Å². The molecule has 1 aromatic carbocycles. The molecule has 0 saturated carbocycles. The van der Waals surface area contributed by atoms with Gasteiger partial charge in [-0.05, 0) is 25.0 Å². The van der Waals surface area contributed by atoms with E-state index in [-0.39, 0.29) is 5.91 Å². The van der Waals surface area contributed by atoms with Crippen LogP contribution >= 0.6 is 11.8 Å². The molecular formula is C19H26N4O4S. The maximum atomic E-state index is 12.5. The molecule has 1 saturated heterocycles. The Balaban J connectivity index is 1.53. The fourth-order valence-electron chi connectivity index (χ4n) is 3.08. The standard InChI is InChI=1S/C19H26N4O4S/c1-23-16(21-22-19(23)28-12-13-6-5-11-27-13)9-10-20-18(24)14-7-4-8-15(25-2)17(14)26-3/h4,7-8,13H,5-6,9-12H2,1-3H3,(H,20,24)/t13-/m0/s1. The molecule has 2 aromatic rings. The second kappa shape index (κ2) is 9.79. The highest BCUT2D eigenvalue weighted by molar-refractivity contribution is 7.99. The van der Waals surface area contributed by atoms with Crippen LogP contribution in [0.1, 0.15) is 29.0 Å². The van der Waals surface area contributed by atoms with Gasteiger partial charge in [0.25, 0.3) is 5.91 Å². The molecule has 1 amide bonds. The van der Waals surface area contributed by atoms with Gasteiger partial charge in [-0.1, -0.05) is 17.8 Å². The quantitative estimate of drug-likeness (QED) is 0.638. The highest BCUT2D eigenvalue weighted by Gasteiger charge is 2.19. The van der Waals surface area contributed by atoms with Crippen molar-refractivity contribution < 1.29 is 19.0 Å². The van der Waals surface area contributed by atoms with Gasteiger partial charge in [0.1, 0.15) is 5.82 Å². The summed E-state index contributed by atoms with van der Waals surface area (Å²) in [7, 11) is 5.01. The van der Waals surface area contributed by atoms with Gasteiger partial charge in [0.15, 0.2) is 16.7 Å². The molecule has 152 valence electrons. The van der Waals surface area contributed by atoms with Gasteiger partial charge in [0.05, 0.1) is 25.9 Å². The summed E-state index contributed by atoms with van der Waals surface area (Å²) in [5, 5.41) is 12.3. The number of thioether (sulfide) groups is 1. The van der Waals surface area contributed by atoms with E-state index in [9.17, 15) is 4.79 Å². The fraction of sp³-hybridized carbons (Fsp3) is 0.526. The Labute approximate surface area is 168 Å². The predicted molar refractivity (Wildman–Crippen MR) is 106 cm³/mol. The molecule has 1 aromatic heterocycles. The van der Waals surface area contributed by atoms with Gasteiger partial charge >= 0.3 is 0 Å². The summed E-state index contributed by atoms with van der Waals surface area (Å²) in [6.07, 6.45) is 3.13. The lowest BCUT2D eigenvalue weighted by Gasteiger charge is -2.12. The number of ether oxygens (including phenoxy) is 3. The minimum absolute atomic E-state index is 0.217. The summed E-state index contributed by atoms with van der Waals surface area (Å²) in [5.41, 5.74) is 0.438. The molecule has 28 heavy (non-hydrogen) atoms. The lowest BCUT2D eigenvalue weighted by molar-refractivity contribution is 0.0950. The van der Waals surface area contributed by atoms with Crippen LogP contribution in [0.3, 0.4) is 0 Å². The highest BCUT2D eigenvalue weighted by atomic mass is 32.2. The first kappa shape index (κ1) is 20.5. The number of amides is 1. The first-order chi connectivity index (χ1) is 13.6. The van der Waals surface area contributed by atoms with Gasteiger partial charge in [-0.15, -0.1) is 10.2 Å². The Bertz CT molecular complexity index is 805. The van der Waals surface area contributed by atoms with E-state index in [0.717, 1.165) is 36.2 Å². The predicted octanol–water partition coefficient (Wildman–Crippen LogP) is 2.08. The van der Waals surface area contributed by atoms with Crippen molar-refractivity contribution in [2.24, 2.45) is 7.05 Å². The van der Waals surface area contributed by atoms with E-state index >= 15 is 0 Å². The minimum Gasteiger partial charge on any atom is -0.493 e. The maximum Gasteiger partial charge on any atom is 0.255 e. The zero-order valence-electron chi connectivity index (χ0n) is 16.4. The Morgan fingerprint density at radius 1 is 1.36 bits per heavy atom. The smallest absolute Gasteiger partial charge is 0.255 e. The maximum absolute atomic E-state index is 12.5. The topological polar surface area (TPSA) is 87.5 Å². The molecule has 1 aliphatic rings. The van der Waals surface area contributed by atoms with Gasteiger partial charge in [-0.25, -0.2) is 0 Å². The van der Waals surface area contributed by atoms with Gasteiger partial charge < -0.3 is 24.1 Å². The second-order valence-corrected chi connectivity index (χ2v) is 7.44. The number of benzene rings is 1. The number of rotatable bonds is 9. The molecule has 3 rings (SSSR count). The van der Waals surface area contributed by atoms with Crippen molar-refractivity contribution in [2.45, 2.75) is 30.5 Å². The summed E-state index contributed by atoms with van der Waals surface area (Å²) in [6, 6.07) is 5.22. The van der Waals surface area contributed by atoms with E-state index in [2.05, 4.69) is 15.5 Å². The molecule has 1 fully saturated rings. The Hall–Kier alpha value is -2.26. The number of nitrogens with one attached hydrogen (secondary N) is 1. The van der Waals surface area contributed by atoms with Crippen molar-refractivity contribution in [3.8, 4) is 11.5 Å². The molecule has 1 aliphatic heterocycles. The van der Waals surface area contributed by atoms with Crippen molar-refractivity contribution in [2.75, 3.05) is 33.1 Å². The highest BCUT2D eigenvalue weighted by Crippen LogP contribution is 2.30. The molecule has 1 N–H and O–H groups in total. The molecule has 1 atom stereocenters. The summed E-state index contributed by atoms with van der Waals surface area (Å²) in [4.78, 5) is 12.5. The van der Waals surface area contributed by atoms with Crippen LogP contribution < -0.4 is 14.8 Å². The monoisotopic (exact) mass is 406 g/mol. The third-order valence-corrected chi connectivity index (χ3v) is 5.78.